The smallest absolute Gasteiger partial charge is 0.268 e. The summed E-state index contributed by atoms with van der Waals surface area (Å²) in [5, 5.41) is 12.6. The van der Waals surface area contributed by atoms with E-state index >= 15 is 0 Å². The number of anilines is 2. The first-order chi connectivity index (χ1) is 13.5. The third-order valence-corrected chi connectivity index (χ3v) is 5.67. The molecule has 9 nitrogen and oxygen atoms in total. The molecule has 3 heterocycles. The van der Waals surface area contributed by atoms with E-state index in [-0.39, 0.29) is 17.0 Å². The van der Waals surface area contributed by atoms with Gasteiger partial charge in [-0.05, 0) is 38.8 Å². The van der Waals surface area contributed by atoms with Crippen molar-refractivity contribution in [3.05, 3.63) is 40.1 Å². The number of nitrogens with two attached hydrogens (primary N) is 2. The first-order valence-corrected chi connectivity index (χ1v) is 9.57. The number of nitrogen functional groups attached to an aromatic ring is 1. The maximum atomic E-state index is 7.44. The summed E-state index contributed by atoms with van der Waals surface area (Å²) in [7, 11) is 0. The minimum absolute atomic E-state index is 0.120. The minimum atomic E-state index is 0.120. The lowest BCUT2D eigenvalue weighted by Crippen LogP contribution is -2.22. The van der Waals surface area contributed by atoms with Crippen LogP contribution >= 0.6 is 11.6 Å². The van der Waals surface area contributed by atoms with Gasteiger partial charge in [0.15, 0.2) is 5.65 Å². The fraction of sp³-hybridized carbons (Fsp3) is 0.444. The van der Waals surface area contributed by atoms with E-state index < -0.39 is 0 Å². The van der Waals surface area contributed by atoms with E-state index in [0.717, 1.165) is 25.0 Å². The average Bonchev–Trinajstić information content (AvgIpc) is 3.20. The van der Waals surface area contributed by atoms with E-state index in [1.165, 1.54) is 4.52 Å². The Labute approximate surface area is 167 Å². The molecule has 0 radical (unpaired) electrons. The summed E-state index contributed by atoms with van der Waals surface area (Å²) in [4.78, 5) is 7.98. The Kier molecular flexibility index (Phi) is 4.61. The zero-order valence-corrected chi connectivity index (χ0v) is 16.4. The summed E-state index contributed by atoms with van der Waals surface area (Å²) in [6.07, 6.45) is 5.94. The second kappa shape index (κ2) is 6.96. The Balaban J connectivity index is 1.50. The molecule has 10 heteroatoms. The van der Waals surface area contributed by atoms with Gasteiger partial charge in [0, 0.05) is 19.2 Å². The SMILES string of the molecule is [C-]#[N+]c1c(NCCc2ccn(C3(CCN)CC3)n2)nc2c(Cl)c(C)nn2c1N. The molecule has 146 valence electrons. The highest BCUT2D eigenvalue weighted by atomic mass is 35.5. The Hall–Kier alpha value is -2.83. The zero-order valence-electron chi connectivity index (χ0n) is 15.6. The Morgan fingerprint density at radius 1 is 1.39 bits per heavy atom. The summed E-state index contributed by atoms with van der Waals surface area (Å²) in [6.45, 7) is 10.5. The number of hydrogen-bond acceptors (Lipinski definition) is 6. The largest absolute Gasteiger partial charge is 0.392 e. The van der Waals surface area contributed by atoms with Crippen molar-refractivity contribution in [1.29, 1.82) is 0 Å². The molecular formula is C18H22ClN9. The lowest BCUT2D eigenvalue weighted by molar-refractivity contribution is 0.404. The van der Waals surface area contributed by atoms with E-state index in [9.17, 15) is 0 Å². The summed E-state index contributed by atoms with van der Waals surface area (Å²) in [5.41, 5.74) is 14.2. The van der Waals surface area contributed by atoms with E-state index in [4.69, 9.17) is 34.7 Å². The molecule has 4 rings (SSSR count). The topological polar surface area (TPSA) is 116 Å². The molecule has 0 saturated heterocycles. The molecule has 0 aromatic carbocycles. The molecule has 3 aromatic heterocycles. The quantitative estimate of drug-likeness (QED) is 0.525. The number of rotatable bonds is 7. The van der Waals surface area contributed by atoms with Gasteiger partial charge in [0.05, 0.1) is 23.5 Å². The molecule has 1 fully saturated rings. The van der Waals surface area contributed by atoms with E-state index in [1.54, 1.807) is 6.92 Å². The first-order valence-electron chi connectivity index (χ1n) is 9.20. The van der Waals surface area contributed by atoms with Crippen molar-refractivity contribution in [2.75, 3.05) is 24.1 Å². The lowest BCUT2D eigenvalue weighted by Gasteiger charge is -2.14. The van der Waals surface area contributed by atoms with Crippen LogP contribution in [-0.2, 0) is 12.0 Å². The predicted molar refractivity (Wildman–Crippen MR) is 109 cm³/mol. The lowest BCUT2D eigenvalue weighted by atomic mass is 10.2. The van der Waals surface area contributed by atoms with E-state index in [1.807, 2.05) is 12.3 Å². The van der Waals surface area contributed by atoms with Crippen LogP contribution in [0, 0.1) is 13.5 Å². The van der Waals surface area contributed by atoms with Crippen molar-refractivity contribution >= 4 is 34.6 Å². The number of halogens is 1. The highest BCUT2D eigenvalue weighted by molar-refractivity contribution is 6.34. The molecule has 0 atom stereocenters. The number of fused-ring (bicyclic) bond motifs is 1. The van der Waals surface area contributed by atoms with Crippen molar-refractivity contribution in [3.8, 4) is 0 Å². The first kappa shape index (κ1) is 18.5. The molecule has 0 spiro atoms. The molecule has 0 unspecified atom stereocenters. The number of aryl methyl sites for hydroxylation is 1. The van der Waals surface area contributed by atoms with Crippen LogP contribution in [0.15, 0.2) is 12.3 Å². The van der Waals surface area contributed by atoms with E-state index in [2.05, 4.69) is 24.9 Å². The molecule has 28 heavy (non-hydrogen) atoms. The van der Waals surface area contributed by atoms with Gasteiger partial charge in [-0.1, -0.05) is 11.6 Å². The average molecular weight is 400 g/mol. The second-order valence-electron chi connectivity index (χ2n) is 7.13. The normalized spacial score (nSPS) is 14.9. The van der Waals surface area contributed by atoms with Crippen molar-refractivity contribution in [3.63, 3.8) is 0 Å². The van der Waals surface area contributed by atoms with Crippen LogP contribution in [0.1, 0.15) is 30.7 Å². The Morgan fingerprint density at radius 3 is 2.86 bits per heavy atom. The molecule has 1 aliphatic carbocycles. The summed E-state index contributed by atoms with van der Waals surface area (Å²) < 4.78 is 3.46. The van der Waals surface area contributed by atoms with E-state index in [0.29, 0.717) is 41.7 Å². The number of aromatic nitrogens is 5. The molecular weight excluding hydrogens is 378 g/mol. The van der Waals surface area contributed by atoms with Crippen molar-refractivity contribution < 1.29 is 0 Å². The van der Waals surface area contributed by atoms with Crippen LogP contribution in [-0.4, -0.2) is 37.5 Å². The Morgan fingerprint density at radius 2 is 2.18 bits per heavy atom. The second-order valence-corrected chi connectivity index (χ2v) is 7.51. The molecule has 5 N–H and O–H groups in total. The number of nitrogens with one attached hydrogen (secondary N) is 1. The molecule has 1 saturated carbocycles. The Bertz CT molecular complexity index is 1070. The van der Waals surface area contributed by atoms with Crippen LogP contribution < -0.4 is 16.8 Å². The van der Waals surface area contributed by atoms with Crippen LogP contribution in [0.4, 0.5) is 17.3 Å². The van der Waals surface area contributed by atoms with Crippen LogP contribution in [0.3, 0.4) is 0 Å². The van der Waals surface area contributed by atoms with Crippen molar-refractivity contribution in [1.82, 2.24) is 24.4 Å². The van der Waals surface area contributed by atoms with Gasteiger partial charge >= 0.3 is 0 Å². The monoisotopic (exact) mass is 399 g/mol. The maximum Gasteiger partial charge on any atom is 0.268 e. The van der Waals surface area contributed by atoms with Gasteiger partial charge in [-0.3, -0.25) is 4.68 Å². The van der Waals surface area contributed by atoms with Crippen LogP contribution in [0.25, 0.3) is 10.5 Å². The maximum absolute atomic E-state index is 7.44. The van der Waals surface area contributed by atoms with Crippen LogP contribution in [0.5, 0.6) is 0 Å². The molecule has 0 amide bonds. The van der Waals surface area contributed by atoms with Gasteiger partial charge in [0.2, 0.25) is 0 Å². The van der Waals surface area contributed by atoms with Gasteiger partial charge < -0.3 is 16.8 Å². The number of nitrogens with zero attached hydrogens (tertiary/aromatic N) is 6. The van der Waals surface area contributed by atoms with Crippen molar-refractivity contribution in [2.24, 2.45) is 5.73 Å². The minimum Gasteiger partial charge on any atom is -0.392 e. The highest BCUT2D eigenvalue weighted by Gasteiger charge is 2.44. The van der Waals surface area contributed by atoms with Gasteiger partial charge in [-0.25, -0.2) is 14.3 Å². The van der Waals surface area contributed by atoms with Crippen molar-refractivity contribution in [2.45, 2.75) is 38.1 Å². The standard InChI is InChI=1S/C18H22ClN9/c1-11-13(19)17-24-16(14(22-2)15(21)28(17)25-11)23-9-3-12-4-10-27(26-12)18(5-6-18)7-8-20/h4,10H,3,5-9,20-21H2,1H3,(H,23,24). The predicted octanol–water partition coefficient (Wildman–Crippen LogP) is 2.51. The molecule has 0 bridgehead atoms. The third-order valence-electron chi connectivity index (χ3n) is 5.23. The van der Waals surface area contributed by atoms with Gasteiger partial charge in [-0.15, -0.1) is 0 Å². The molecule has 0 aliphatic heterocycles. The summed E-state index contributed by atoms with van der Waals surface area (Å²) in [5.74, 6) is 0.627. The summed E-state index contributed by atoms with van der Waals surface area (Å²) in [6, 6.07) is 2.02. The van der Waals surface area contributed by atoms with Gasteiger partial charge in [0.1, 0.15) is 16.7 Å². The third kappa shape index (κ3) is 3.04. The highest BCUT2D eigenvalue weighted by Crippen LogP contribution is 2.45. The van der Waals surface area contributed by atoms with Crippen LogP contribution in [0.2, 0.25) is 5.02 Å². The van der Waals surface area contributed by atoms with Gasteiger partial charge in [0.25, 0.3) is 5.69 Å². The molecule has 3 aromatic rings. The molecule has 1 aliphatic rings. The fourth-order valence-corrected chi connectivity index (χ4v) is 3.61. The number of hydrogen-bond donors (Lipinski definition) is 3. The summed E-state index contributed by atoms with van der Waals surface area (Å²) >= 11 is 6.26. The fourth-order valence-electron chi connectivity index (χ4n) is 3.45. The van der Waals surface area contributed by atoms with Gasteiger partial charge in [-0.2, -0.15) is 10.2 Å². The zero-order chi connectivity index (χ0) is 19.9.